The van der Waals surface area contributed by atoms with Crippen LogP contribution in [0.4, 0.5) is 0 Å². The number of hydrogen-bond donors (Lipinski definition) is 2. The Bertz CT molecular complexity index is 258. The monoisotopic (exact) mass is 134 g/mol. The highest BCUT2D eigenvalue weighted by molar-refractivity contribution is 5.99. The molecule has 0 fully saturated rings. The number of hydrogen-bond acceptors (Lipinski definition) is 2. The topological polar surface area (TPSA) is 58.2 Å². The smallest absolute Gasteiger partial charge is 0.258 e. The number of amides is 2. The van der Waals surface area contributed by atoms with E-state index in [4.69, 9.17) is 0 Å². The average molecular weight is 134 g/mol. The van der Waals surface area contributed by atoms with Gasteiger partial charge >= 0.3 is 0 Å². The second kappa shape index (κ2) is 1.47. The lowest BCUT2D eigenvalue weighted by atomic mass is 10.4. The van der Waals surface area contributed by atoms with Crippen LogP contribution in [0.15, 0.2) is 11.4 Å². The number of rotatable bonds is 0. The average Bonchev–Trinajstić information content (AvgIpc) is 2.21. The van der Waals surface area contributed by atoms with E-state index in [2.05, 4.69) is 22.8 Å². The van der Waals surface area contributed by atoms with E-state index in [9.17, 15) is 9.59 Å². The van der Waals surface area contributed by atoms with Gasteiger partial charge < -0.3 is 10.6 Å². The Morgan fingerprint density at radius 2 is 1.30 bits per heavy atom. The fourth-order valence-electron chi connectivity index (χ4n) is 0.829. The van der Waals surface area contributed by atoms with Crippen LogP contribution in [0.2, 0.25) is 0 Å². The largest absolute Gasteiger partial charge is 0.319 e. The van der Waals surface area contributed by atoms with Crippen LogP contribution in [0.1, 0.15) is 0 Å². The molecule has 0 aromatic rings. The lowest BCUT2D eigenvalue weighted by molar-refractivity contribution is -0.116. The third-order valence-corrected chi connectivity index (χ3v) is 1.20. The Morgan fingerprint density at radius 1 is 0.900 bits per heavy atom. The van der Waals surface area contributed by atoms with Crippen LogP contribution in [0.5, 0.6) is 0 Å². The zero-order valence-electron chi connectivity index (χ0n) is 4.82. The maximum absolute atomic E-state index is 10.5. The Morgan fingerprint density at radius 3 is 1.70 bits per heavy atom. The standard InChI is InChI=1S/C6H2N2O2/c9-5-1-3-4(8-5)2-6(10)7-3/h(H,7,10)(H,8,9). The molecule has 2 aliphatic heterocycles. The zero-order chi connectivity index (χ0) is 7.14. The minimum absolute atomic E-state index is 0.336. The van der Waals surface area contributed by atoms with E-state index in [1.807, 2.05) is 0 Å². The molecular weight excluding hydrogens is 132 g/mol. The lowest BCUT2D eigenvalue weighted by Crippen LogP contribution is -2.13. The zero-order valence-corrected chi connectivity index (χ0v) is 4.82. The van der Waals surface area contributed by atoms with Gasteiger partial charge in [-0.05, 0) is 0 Å². The van der Waals surface area contributed by atoms with E-state index >= 15 is 0 Å². The first-order valence-electron chi connectivity index (χ1n) is 2.66. The van der Waals surface area contributed by atoms with Crippen molar-refractivity contribution in [3.8, 4) is 0 Å². The quantitative estimate of drug-likeness (QED) is 0.429. The van der Waals surface area contributed by atoms with Crippen molar-refractivity contribution in [2.24, 2.45) is 0 Å². The van der Waals surface area contributed by atoms with Crippen LogP contribution in [0.3, 0.4) is 0 Å². The van der Waals surface area contributed by atoms with Crippen LogP contribution in [0.25, 0.3) is 0 Å². The summed E-state index contributed by atoms with van der Waals surface area (Å²) < 4.78 is 0. The Hall–Kier alpha value is -1.58. The fourth-order valence-corrected chi connectivity index (χ4v) is 0.829. The molecule has 2 rings (SSSR count). The molecule has 4 heteroatoms. The van der Waals surface area contributed by atoms with Gasteiger partial charge in [-0.2, -0.15) is 0 Å². The van der Waals surface area contributed by atoms with Crippen LogP contribution in [-0.4, -0.2) is 11.8 Å². The number of fused-ring (bicyclic) bond motifs is 1. The first-order valence-corrected chi connectivity index (χ1v) is 2.66. The molecular formula is C6H2N2O2. The number of nitrogens with one attached hydrogen (secondary N) is 2. The van der Waals surface area contributed by atoms with E-state index in [0.717, 1.165) is 0 Å². The summed E-state index contributed by atoms with van der Waals surface area (Å²) in [5, 5.41) is 4.76. The molecule has 10 heavy (non-hydrogen) atoms. The van der Waals surface area contributed by atoms with Gasteiger partial charge in [0.05, 0.1) is 23.5 Å². The minimum Gasteiger partial charge on any atom is -0.319 e. The molecule has 2 heterocycles. The minimum atomic E-state index is -0.336. The Balaban J connectivity index is 2.43. The third kappa shape index (κ3) is 0.556. The maximum atomic E-state index is 10.5. The van der Waals surface area contributed by atoms with E-state index in [-0.39, 0.29) is 11.8 Å². The number of carbonyl (C=O) groups is 2. The van der Waals surface area contributed by atoms with Crippen LogP contribution >= 0.6 is 0 Å². The first-order chi connectivity index (χ1) is 4.75. The van der Waals surface area contributed by atoms with E-state index < -0.39 is 0 Å². The summed E-state index contributed by atoms with van der Waals surface area (Å²) in [6, 6.07) is 0. The Kier molecular flexibility index (Phi) is 0.768. The highest BCUT2D eigenvalue weighted by Gasteiger charge is 2.25. The normalized spacial score (nSPS) is 21.2. The first kappa shape index (κ1) is 5.22. The van der Waals surface area contributed by atoms with Gasteiger partial charge in [0.1, 0.15) is 0 Å². The predicted molar refractivity (Wildman–Crippen MR) is 29.8 cm³/mol. The summed E-state index contributed by atoms with van der Waals surface area (Å²) in [6.07, 6.45) is 4.76. The highest BCUT2D eigenvalue weighted by atomic mass is 16.2. The maximum Gasteiger partial charge on any atom is 0.258 e. The SMILES string of the molecule is O=C1[C]=C2NC(=O)[C]=C2N1. The molecule has 48 valence electrons. The lowest BCUT2D eigenvalue weighted by Gasteiger charge is -1.91. The summed E-state index contributed by atoms with van der Waals surface area (Å²) in [5.41, 5.74) is 0.796. The van der Waals surface area contributed by atoms with Crippen molar-refractivity contribution in [3.05, 3.63) is 23.5 Å². The van der Waals surface area contributed by atoms with Crippen LogP contribution in [0, 0.1) is 12.2 Å². The van der Waals surface area contributed by atoms with Gasteiger partial charge in [-0.1, -0.05) is 0 Å². The van der Waals surface area contributed by atoms with E-state index in [1.165, 1.54) is 0 Å². The molecule has 2 N–H and O–H groups in total. The molecule has 0 aromatic heterocycles. The van der Waals surface area contributed by atoms with Crippen molar-refractivity contribution in [2.75, 3.05) is 0 Å². The summed E-state index contributed by atoms with van der Waals surface area (Å²) in [6.45, 7) is 0. The van der Waals surface area contributed by atoms with Gasteiger partial charge in [-0.25, -0.2) is 0 Å². The van der Waals surface area contributed by atoms with Gasteiger partial charge in [-0.15, -0.1) is 0 Å². The molecule has 0 atom stereocenters. The molecule has 2 radical (unpaired) electrons. The second-order valence-corrected chi connectivity index (χ2v) is 1.91. The molecule has 2 amide bonds. The van der Waals surface area contributed by atoms with Gasteiger partial charge in [0.15, 0.2) is 0 Å². The third-order valence-electron chi connectivity index (χ3n) is 1.20. The van der Waals surface area contributed by atoms with Crippen LogP contribution < -0.4 is 10.6 Å². The molecule has 4 nitrogen and oxygen atoms in total. The molecule has 0 saturated carbocycles. The van der Waals surface area contributed by atoms with E-state index in [0.29, 0.717) is 11.4 Å². The fraction of sp³-hybridized carbons (Fsp3) is 0. The molecule has 0 aromatic carbocycles. The highest BCUT2D eigenvalue weighted by Crippen LogP contribution is 2.13. The molecule has 0 unspecified atom stereocenters. The summed E-state index contributed by atoms with van der Waals surface area (Å²) >= 11 is 0. The molecule has 0 bridgehead atoms. The summed E-state index contributed by atoms with van der Waals surface area (Å²) in [7, 11) is 0. The van der Waals surface area contributed by atoms with Crippen molar-refractivity contribution in [3.63, 3.8) is 0 Å². The van der Waals surface area contributed by atoms with Crippen molar-refractivity contribution in [2.45, 2.75) is 0 Å². The van der Waals surface area contributed by atoms with Crippen molar-refractivity contribution in [1.29, 1.82) is 0 Å². The summed E-state index contributed by atoms with van der Waals surface area (Å²) in [4.78, 5) is 21.0. The van der Waals surface area contributed by atoms with Gasteiger partial charge in [0.2, 0.25) is 0 Å². The van der Waals surface area contributed by atoms with Crippen LogP contribution in [-0.2, 0) is 9.59 Å². The number of carbonyl (C=O) groups excluding carboxylic acids is 2. The molecule has 0 saturated heterocycles. The van der Waals surface area contributed by atoms with Gasteiger partial charge in [0.25, 0.3) is 11.8 Å². The second-order valence-electron chi connectivity index (χ2n) is 1.91. The van der Waals surface area contributed by atoms with E-state index in [1.54, 1.807) is 0 Å². The van der Waals surface area contributed by atoms with Gasteiger partial charge in [-0.3, -0.25) is 9.59 Å². The molecule has 2 aliphatic rings. The van der Waals surface area contributed by atoms with Crippen molar-refractivity contribution < 1.29 is 9.59 Å². The molecule has 0 spiro atoms. The predicted octanol–water partition coefficient (Wildman–Crippen LogP) is -1.38. The summed E-state index contributed by atoms with van der Waals surface area (Å²) in [5.74, 6) is -0.671. The van der Waals surface area contributed by atoms with Crippen molar-refractivity contribution in [1.82, 2.24) is 10.6 Å². The van der Waals surface area contributed by atoms with Gasteiger partial charge in [0, 0.05) is 0 Å². The molecule has 0 aliphatic carbocycles. The van der Waals surface area contributed by atoms with Crippen molar-refractivity contribution >= 4 is 11.8 Å². The Labute approximate surface area is 56.6 Å².